The van der Waals surface area contributed by atoms with E-state index in [4.69, 9.17) is 9.47 Å². The summed E-state index contributed by atoms with van der Waals surface area (Å²) in [4.78, 5) is 12.4. The number of unbranched alkanes of at least 4 members (excludes halogenated alkanes) is 5. The van der Waals surface area contributed by atoms with E-state index in [-0.39, 0.29) is 5.75 Å². The molecule has 0 atom stereocenters. The van der Waals surface area contributed by atoms with Crippen molar-refractivity contribution in [3.05, 3.63) is 89.5 Å². The fourth-order valence-corrected chi connectivity index (χ4v) is 3.34. The molecule has 0 amide bonds. The average Bonchev–Trinajstić information content (AvgIpc) is 2.88. The van der Waals surface area contributed by atoms with Crippen molar-refractivity contribution in [3.63, 3.8) is 0 Å². The van der Waals surface area contributed by atoms with Crippen LogP contribution < -0.4 is 9.47 Å². The lowest BCUT2D eigenvalue weighted by molar-refractivity contribution is 0.0734. The summed E-state index contributed by atoms with van der Waals surface area (Å²) in [5.74, 6) is 0.909. The molecular weight excluding hydrogens is 440 g/mol. The monoisotopic (exact) mass is 472 g/mol. The third-order valence-electron chi connectivity index (χ3n) is 5.35. The fraction of sp³-hybridized carbons (Fsp3) is 0.276. The van der Waals surface area contributed by atoms with E-state index in [1.807, 2.05) is 6.07 Å². The highest BCUT2D eigenvalue weighted by atomic mass is 16.5. The molecular formula is C29H32N2O4. The first-order valence-corrected chi connectivity index (χ1v) is 12.0. The van der Waals surface area contributed by atoms with Crippen LogP contribution >= 0.6 is 0 Å². The topological polar surface area (TPSA) is 80.5 Å². The second kappa shape index (κ2) is 14.4. The quantitative estimate of drug-likeness (QED) is 0.0975. The number of nitrogens with zero attached hydrogens (tertiary/aromatic N) is 2. The molecule has 0 radical (unpaired) electrons. The van der Waals surface area contributed by atoms with Gasteiger partial charge in [0.05, 0.1) is 24.6 Å². The van der Waals surface area contributed by atoms with Gasteiger partial charge in [-0.1, -0.05) is 51.2 Å². The van der Waals surface area contributed by atoms with E-state index in [2.05, 4.69) is 17.1 Å². The van der Waals surface area contributed by atoms with E-state index in [1.165, 1.54) is 38.3 Å². The standard InChI is InChI=1S/C29H32N2O4/c1-2-3-4-5-6-9-20-34-26-18-14-24(15-19-26)29(33)35-27-16-12-23(13-17-27)21-30-31-22-25-10-7-8-11-28(25)32/h7-8,10-19,21-22,32H,2-6,9,20H2,1H3/b30-21+,31-22+. The summed E-state index contributed by atoms with van der Waals surface area (Å²) >= 11 is 0. The highest BCUT2D eigenvalue weighted by molar-refractivity contribution is 5.91. The van der Waals surface area contributed by atoms with Crippen molar-refractivity contribution in [2.45, 2.75) is 45.4 Å². The number of esters is 1. The molecule has 6 heteroatoms. The van der Waals surface area contributed by atoms with Gasteiger partial charge in [0.2, 0.25) is 0 Å². The van der Waals surface area contributed by atoms with Crippen molar-refractivity contribution >= 4 is 18.4 Å². The van der Waals surface area contributed by atoms with Gasteiger partial charge >= 0.3 is 5.97 Å². The second-order valence-electron chi connectivity index (χ2n) is 8.15. The van der Waals surface area contributed by atoms with Gasteiger partial charge in [0, 0.05) is 5.56 Å². The molecule has 0 saturated heterocycles. The van der Waals surface area contributed by atoms with Crippen molar-refractivity contribution in [3.8, 4) is 17.2 Å². The number of rotatable bonds is 13. The smallest absolute Gasteiger partial charge is 0.343 e. The number of hydrogen-bond acceptors (Lipinski definition) is 6. The largest absolute Gasteiger partial charge is 0.507 e. The third kappa shape index (κ3) is 9.08. The highest BCUT2D eigenvalue weighted by Crippen LogP contribution is 2.17. The maximum atomic E-state index is 12.4. The minimum absolute atomic E-state index is 0.146. The number of benzene rings is 3. The lowest BCUT2D eigenvalue weighted by Crippen LogP contribution is -2.08. The van der Waals surface area contributed by atoms with E-state index in [1.54, 1.807) is 72.9 Å². The molecule has 3 aromatic rings. The zero-order valence-electron chi connectivity index (χ0n) is 20.1. The van der Waals surface area contributed by atoms with Crippen LogP contribution in [0.2, 0.25) is 0 Å². The molecule has 0 heterocycles. The molecule has 3 rings (SSSR count). The highest BCUT2D eigenvalue weighted by Gasteiger charge is 2.09. The maximum absolute atomic E-state index is 12.4. The molecule has 0 aliphatic carbocycles. The van der Waals surface area contributed by atoms with Gasteiger partial charge in [-0.05, 0) is 72.6 Å². The summed E-state index contributed by atoms with van der Waals surface area (Å²) in [6, 6.07) is 20.8. The lowest BCUT2D eigenvalue weighted by Gasteiger charge is -2.08. The number of para-hydroxylation sites is 1. The van der Waals surface area contributed by atoms with Gasteiger partial charge in [-0.15, -0.1) is 0 Å². The molecule has 182 valence electrons. The molecule has 0 spiro atoms. The van der Waals surface area contributed by atoms with Crippen LogP contribution in [0.5, 0.6) is 17.2 Å². The van der Waals surface area contributed by atoms with Crippen LogP contribution in [0.25, 0.3) is 0 Å². The maximum Gasteiger partial charge on any atom is 0.343 e. The molecule has 3 aromatic carbocycles. The van der Waals surface area contributed by atoms with Crippen LogP contribution in [0.15, 0.2) is 83.0 Å². The first kappa shape index (κ1) is 25.7. The van der Waals surface area contributed by atoms with Gasteiger partial charge in [-0.3, -0.25) is 0 Å². The molecule has 0 saturated carbocycles. The summed E-state index contributed by atoms with van der Waals surface area (Å²) in [7, 11) is 0. The zero-order valence-corrected chi connectivity index (χ0v) is 20.1. The van der Waals surface area contributed by atoms with Gasteiger partial charge in [0.1, 0.15) is 17.2 Å². The number of hydrogen-bond donors (Lipinski definition) is 1. The molecule has 0 aliphatic heterocycles. The summed E-state index contributed by atoms with van der Waals surface area (Å²) in [5.41, 5.74) is 1.84. The van der Waals surface area contributed by atoms with Gasteiger partial charge in [-0.2, -0.15) is 10.2 Å². The number of phenols is 1. The first-order chi connectivity index (χ1) is 17.2. The van der Waals surface area contributed by atoms with Crippen molar-refractivity contribution in [1.82, 2.24) is 0 Å². The predicted molar refractivity (Wildman–Crippen MR) is 140 cm³/mol. The molecule has 0 aromatic heterocycles. The van der Waals surface area contributed by atoms with Crippen molar-refractivity contribution in [2.24, 2.45) is 10.2 Å². The van der Waals surface area contributed by atoms with Gasteiger partial charge < -0.3 is 14.6 Å². The van der Waals surface area contributed by atoms with Gasteiger partial charge in [0.15, 0.2) is 0 Å². The van der Waals surface area contributed by atoms with Crippen LogP contribution in [-0.4, -0.2) is 30.1 Å². The number of aromatic hydroxyl groups is 1. The Balaban J connectivity index is 1.43. The Morgan fingerprint density at radius 2 is 1.46 bits per heavy atom. The van der Waals surface area contributed by atoms with E-state index in [0.29, 0.717) is 23.5 Å². The lowest BCUT2D eigenvalue weighted by atomic mass is 10.1. The summed E-state index contributed by atoms with van der Waals surface area (Å²) < 4.78 is 11.2. The molecule has 0 bridgehead atoms. The summed E-state index contributed by atoms with van der Waals surface area (Å²) in [5, 5.41) is 17.6. The zero-order chi connectivity index (χ0) is 24.7. The predicted octanol–water partition coefficient (Wildman–Crippen LogP) is 6.80. The van der Waals surface area contributed by atoms with Crippen molar-refractivity contribution in [2.75, 3.05) is 6.61 Å². The molecule has 0 fully saturated rings. The molecule has 0 unspecified atom stereocenters. The first-order valence-electron chi connectivity index (χ1n) is 12.0. The Bertz CT molecular complexity index is 1110. The van der Waals surface area contributed by atoms with Gasteiger partial charge in [0.25, 0.3) is 0 Å². The van der Waals surface area contributed by atoms with Crippen LogP contribution in [-0.2, 0) is 0 Å². The number of carbonyl (C=O) groups excluding carboxylic acids is 1. The second-order valence-corrected chi connectivity index (χ2v) is 8.15. The van der Waals surface area contributed by atoms with Crippen LogP contribution in [0.3, 0.4) is 0 Å². The average molecular weight is 473 g/mol. The fourth-order valence-electron chi connectivity index (χ4n) is 3.34. The third-order valence-corrected chi connectivity index (χ3v) is 5.35. The van der Waals surface area contributed by atoms with E-state index in [0.717, 1.165) is 17.7 Å². The van der Waals surface area contributed by atoms with E-state index in [9.17, 15) is 9.90 Å². The van der Waals surface area contributed by atoms with Crippen LogP contribution in [0.1, 0.15) is 66.9 Å². The number of carbonyl (C=O) groups is 1. The van der Waals surface area contributed by atoms with Gasteiger partial charge in [-0.25, -0.2) is 4.79 Å². The van der Waals surface area contributed by atoms with Crippen LogP contribution in [0.4, 0.5) is 0 Å². The SMILES string of the molecule is CCCCCCCCOc1ccc(C(=O)Oc2ccc(/C=N/N=C/c3ccccc3O)cc2)cc1. The Kier molecular flexibility index (Phi) is 10.5. The minimum atomic E-state index is -0.429. The van der Waals surface area contributed by atoms with Crippen molar-refractivity contribution in [1.29, 1.82) is 0 Å². The minimum Gasteiger partial charge on any atom is -0.507 e. The Labute approximate surface area is 207 Å². The molecule has 0 aliphatic rings. The van der Waals surface area contributed by atoms with Crippen molar-refractivity contribution < 1.29 is 19.4 Å². The van der Waals surface area contributed by atoms with E-state index < -0.39 is 5.97 Å². The number of ether oxygens (including phenoxy) is 2. The summed E-state index contributed by atoms with van der Waals surface area (Å²) in [6.45, 7) is 2.90. The Morgan fingerprint density at radius 3 is 2.20 bits per heavy atom. The Hall–Kier alpha value is -3.93. The summed E-state index contributed by atoms with van der Waals surface area (Å²) in [6.07, 6.45) is 10.4. The number of phenolic OH excluding ortho intramolecular Hbond substituents is 1. The normalized spacial score (nSPS) is 11.2. The molecule has 1 N–H and O–H groups in total. The Morgan fingerprint density at radius 1 is 0.800 bits per heavy atom. The molecule has 6 nitrogen and oxygen atoms in total. The molecule has 35 heavy (non-hydrogen) atoms. The van der Waals surface area contributed by atoms with E-state index >= 15 is 0 Å². The van der Waals surface area contributed by atoms with Crippen LogP contribution in [0, 0.1) is 0 Å².